The van der Waals surface area contributed by atoms with Gasteiger partial charge in [0.25, 0.3) is 0 Å². The maximum absolute atomic E-state index is 12.8. The molecular formula is C21H17F3N2O2S. The van der Waals surface area contributed by atoms with Gasteiger partial charge in [-0.3, -0.25) is 0 Å². The average Bonchev–Trinajstić information content (AvgIpc) is 2.88. The largest absolute Gasteiger partial charge is 0.491 e. The summed E-state index contributed by atoms with van der Waals surface area (Å²) in [6.45, 7) is 1.43. The van der Waals surface area contributed by atoms with Gasteiger partial charge in [0.05, 0.1) is 10.5 Å². The van der Waals surface area contributed by atoms with Crippen molar-refractivity contribution in [3.8, 4) is 28.5 Å². The molecule has 4 nitrogen and oxygen atoms in total. The Hall–Kier alpha value is -2.71. The topological polar surface area (TPSA) is 34.6 Å². The van der Waals surface area contributed by atoms with Crippen LogP contribution in [0.3, 0.4) is 0 Å². The third-order valence-corrected chi connectivity index (χ3v) is 5.35. The molecule has 1 aliphatic rings. The Labute approximate surface area is 170 Å². The van der Waals surface area contributed by atoms with Crippen molar-refractivity contribution in [3.05, 3.63) is 66.4 Å². The summed E-state index contributed by atoms with van der Waals surface area (Å²) in [4.78, 5) is 5.25. The van der Waals surface area contributed by atoms with E-state index in [2.05, 4.69) is 9.29 Å². The molecule has 0 saturated carbocycles. The number of fused-ring (bicyclic) bond motifs is 1. The molecule has 0 aliphatic carbocycles. The van der Waals surface area contributed by atoms with Crippen molar-refractivity contribution in [1.29, 1.82) is 0 Å². The lowest BCUT2D eigenvalue weighted by Crippen LogP contribution is -2.14. The number of aromatic nitrogens is 1. The molecule has 0 unspecified atom stereocenters. The molecule has 1 aliphatic heterocycles. The fraction of sp³-hybridized carbons (Fsp3) is 0.190. The number of nitrogens with zero attached hydrogens (tertiary/aromatic N) is 2. The lowest BCUT2D eigenvalue weighted by molar-refractivity contribution is -0.137. The van der Waals surface area contributed by atoms with Gasteiger partial charge >= 0.3 is 6.18 Å². The molecule has 0 amide bonds. The standard InChI is InChI=1S/C21H17F3N2O2S/c1-26-11-12-27-18-9-4-14(13-19(18)29-26)17-3-2-10-25-20(17)28-16-7-5-15(6-8-16)21(22,23)24/h2-10,13H,11-12H2,1H3. The van der Waals surface area contributed by atoms with Crippen LogP contribution in [0.15, 0.2) is 65.7 Å². The van der Waals surface area contributed by atoms with Gasteiger partial charge in [0.1, 0.15) is 18.1 Å². The Morgan fingerprint density at radius 1 is 1.10 bits per heavy atom. The summed E-state index contributed by atoms with van der Waals surface area (Å²) in [7, 11) is 2.00. The first-order valence-electron chi connectivity index (χ1n) is 8.86. The summed E-state index contributed by atoms with van der Waals surface area (Å²) in [6.07, 6.45) is -2.80. The summed E-state index contributed by atoms with van der Waals surface area (Å²) in [5, 5.41) is 0. The van der Waals surface area contributed by atoms with Crippen LogP contribution in [0.2, 0.25) is 0 Å². The second-order valence-electron chi connectivity index (χ2n) is 6.43. The summed E-state index contributed by atoms with van der Waals surface area (Å²) < 4.78 is 51.9. The highest BCUT2D eigenvalue weighted by Gasteiger charge is 2.30. The second kappa shape index (κ2) is 7.96. The first kappa shape index (κ1) is 19.6. The number of hydrogen-bond donors (Lipinski definition) is 0. The van der Waals surface area contributed by atoms with Crippen LogP contribution < -0.4 is 9.47 Å². The van der Waals surface area contributed by atoms with Gasteiger partial charge in [-0.1, -0.05) is 6.07 Å². The number of ether oxygens (including phenoxy) is 2. The smallest absolute Gasteiger partial charge is 0.416 e. The van der Waals surface area contributed by atoms with E-state index < -0.39 is 11.7 Å². The van der Waals surface area contributed by atoms with Crippen LogP contribution in [0.4, 0.5) is 13.2 Å². The van der Waals surface area contributed by atoms with Crippen molar-refractivity contribution in [3.63, 3.8) is 0 Å². The van der Waals surface area contributed by atoms with Gasteiger partial charge in [0.2, 0.25) is 5.88 Å². The number of hydrogen-bond acceptors (Lipinski definition) is 5. The number of likely N-dealkylation sites (N-methyl/N-ethyl adjacent to an activating group) is 1. The fourth-order valence-corrected chi connectivity index (χ4v) is 3.78. The minimum absolute atomic E-state index is 0.283. The second-order valence-corrected chi connectivity index (χ2v) is 7.68. The molecule has 0 fully saturated rings. The quantitative estimate of drug-likeness (QED) is 0.496. The number of rotatable bonds is 3. The van der Waals surface area contributed by atoms with Gasteiger partial charge in [0.15, 0.2) is 0 Å². The van der Waals surface area contributed by atoms with E-state index >= 15 is 0 Å². The Morgan fingerprint density at radius 3 is 2.66 bits per heavy atom. The molecule has 0 saturated heterocycles. The Bertz CT molecular complexity index is 1010. The molecule has 0 bridgehead atoms. The van der Waals surface area contributed by atoms with Crippen LogP contribution in [0.25, 0.3) is 11.1 Å². The van der Waals surface area contributed by atoms with Gasteiger partial charge in [-0.05, 0) is 73.1 Å². The van der Waals surface area contributed by atoms with Crippen LogP contribution in [0.5, 0.6) is 17.4 Å². The van der Waals surface area contributed by atoms with Crippen molar-refractivity contribution in [2.24, 2.45) is 0 Å². The zero-order chi connectivity index (χ0) is 20.4. The van der Waals surface area contributed by atoms with E-state index in [1.807, 2.05) is 31.3 Å². The number of pyridine rings is 1. The van der Waals surface area contributed by atoms with Crippen molar-refractivity contribution in [2.75, 3.05) is 20.2 Å². The molecule has 4 rings (SSSR count). The predicted molar refractivity (Wildman–Crippen MR) is 105 cm³/mol. The summed E-state index contributed by atoms with van der Waals surface area (Å²) in [6, 6.07) is 14.0. The highest BCUT2D eigenvalue weighted by molar-refractivity contribution is 7.97. The van der Waals surface area contributed by atoms with Gasteiger partial charge < -0.3 is 9.47 Å². The lowest BCUT2D eigenvalue weighted by Gasteiger charge is -2.14. The highest BCUT2D eigenvalue weighted by Crippen LogP contribution is 2.39. The maximum Gasteiger partial charge on any atom is 0.416 e. The van der Waals surface area contributed by atoms with E-state index in [-0.39, 0.29) is 5.75 Å². The summed E-state index contributed by atoms with van der Waals surface area (Å²) in [5.41, 5.74) is 0.894. The zero-order valence-electron chi connectivity index (χ0n) is 15.4. The molecule has 0 radical (unpaired) electrons. The number of halogens is 3. The van der Waals surface area contributed by atoms with E-state index in [9.17, 15) is 13.2 Å². The van der Waals surface area contributed by atoms with Crippen LogP contribution in [0, 0.1) is 0 Å². The molecule has 2 heterocycles. The third-order valence-electron chi connectivity index (χ3n) is 4.34. The van der Waals surface area contributed by atoms with Crippen molar-refractivity contribution < 1.29 is 22.6 Å². The van der Waals surface area contributed by atoms with Crippen molar-refractivity contribution >= 4 is 11.9 Å². The molecule has 0 atom stereocenters. The van der Waals surface area contributed by atoms with Crippen molar-refractivity contribution in [1.82, 2.24) is 9.29 Å². The average molecular weight is 418 g/mol. The molecule has 3 aromatic rings. The Morgan fingerprint density at radius 2 is 1.90 bits per heavy atom. The maximum atomic E-state index is 12.8. The number of benzene rings is 2. The van der Waals surface area contributed by atoms with E-state index in [0.717, 1.165) is 40.4 Å². The van der Waals surface area contributed by atoms with E-state index in [4.69, 9.17) is 9.47 Å². The van der Waals surface area contributed by atoms with Crippen LogP contribution in [0.1, 0.15) is 5.56 Å². The predicted octanol–water partition coefficient (Wildman–Crippen LogP) is 5.89. The lowest BCUT2D eigenvalue weighted by atomic mass is 10.1. The molecule has 2 aromatic carbocycles. The SMILES string of the molecule is CN1CCOc2ccc(-c3cccnc3Oc3ccc(C(F)(F)F)cc3)cc2S1. The van der Waals surface area contributed by atoms with Crippen LogP contribution >= 0.6 is 11.9 Å². The normalized spacial score (nSPS) is 14.6. The Balaban J connectivity index is 1.64. The molecular weight excluding hydrogens is 401 g/mol. The molecule has 1 aromatic heterocycles. The Kier molecular flexibility index (Phi) is 5.38. The van der Waals surface area contributed by atoms with E-state index in [0.29, 0.717) is 12.5 Å². The first-order chi connectivity index (χ1) is 13.9. The minimum Gasteiger partial charge on any atom is -0.491 e. The molecule has 0 N–H and O–H groups in total. The third kappa shape index (κ3) is 4.49. The number of alkyl halides is 3. The van der Waals surface area contributed by atoms with Crippen LogP contribution in [-0.2, 0) is 6.18 Å². The highest BCUT2D eigenvalue weighted by atomic mass is 32.2. The van der Waals surface area contributed by atoms with Gasteiger partial charge in [-0.25, -0.2) is 9.29 Å². The fourth-order valence-electron chi connectivity index (χ4n) is 2.88. The zero-order valence-corrected chi connectivity index (χ0v) is 16.3. The van der Waals surface area contributed by atoms with Gasteiger partial charge in [0, 0.05) is 18.3 Å². The molecule has 0 spiro atoms. The molecule has 150 valence electrons. The minimum atomic E-state index is -4.39. The molecule has 29 heavy (non-hydrogen) atoms. The molecule has 8 heteroatoms. The first-order valence-corrected chi connectivity index (χ1v) is 9.64. The van der Waals surface area contributed by atoms with Crippen LogP contribution in [-0.4, -0.2) is 29.5 Å². The van der Waals surface area contributed by atoms with Gasteiger partial charge in [-0.15, -0.1) is 0 Å². The van der Waals surface area contributed by atoms with E-state index in [1.165, 1.54) is 12.1 Å². The monoisotopic (exact) mass is 418 g/mol. The van der Waals surface area contributed by atoms with Gasteiger partial charge in [-0.2, -0.15) is 13.2 Å². The summed E-state index contributed by atoms with van der Waals surface area (Å²) in [5.74, 6) is 1.42. The van der Waals surface area contributed by atoms with Crippen molar-refractivity contribution in [2.45, 2.75) is 11.1 Å². The van der Waals surface area contributed by atoms with E-state index in [1.54, 1.807) is 24.2 Å². The summed E-state index contributed by atoms with van der Waals surface area (Å²) >= 11 is 1.60.